The quantitative estimate of drug-likeness (QED) is 0.527. The van der Waals surface area contributed by atoms with E-state index in [-0.39, 0.29) is 24.5 Å². The molecule has 1 fully saturated rings. The lowest BCUT2D eigenvalue weighted by Crippen LogP contribution is -2.32. The molecular weight excluding hydrogens is 402 g/mol. The van der Waals surface area contributed by atoms with Gasteiger partial charge in [-0.2, -0.15) is 0 Å². The Balaban J connectivity index is 1.33. The maximum absolute atomic E-state index is 12.2. The highest BCUT2D eigenvalue weighted by Crippen LogP contribution is 2.28. The summed E-state index contributed by atoms with van der Waals surface area (Å²) >= 11 is 2.90. The van der Waals surface area contributed by atoms with Gasteiger partial charge in [0, 0.05) is 19.4 Å². The number of benzene rings is 1. The van der Waals surface area contributed by atoms with Crippen LogP contribution < -0.4 is 5.32 Å². The van der Waals surface area contributed by atoms with Crippen molar-refractivity contribution >= 4 is 49.7 Å². The van der Waals surface area contributed by atoms with Gasteiger partial charge < -0.3 is 5.32 Å². The van der Waals surface area contributed by atoms with Gasteiger partial charge in [-0.25, -0.2) is 4.98 Å². The van der Waals surface area contributed by atoms with Gasteiger partial charge in [0.1, 0.15) is 0 Å². The number of carbonyl (C=O) groups excluding carboxylic acids is 2. The summed E-state index contributed by atoms with van der Waals surface area (Å²) in [5, 5.41) is 5.31. The Labute approximate surface area is 178 Å². The second-order valence-corrected chi connectivity index (χ2v) is 9.71. The van der Waals surface area contributed by atoms with Crippen LogP contribution in [0.3, 0.4) is 0 Å². The number of thiazole rings is 1. The number of nitrogens with one attached hydrogen (secondary N) is 1. The summed E-state index contributed by atoms with van der Waals surface area (Å²) in [5.74, 6) is 0.676. The Morgan fingerprint density at radius 2 is 2.03 bits per heavy atom. The van der Waals surface area contributed by atoms with Gasteiger partial charge >= 0.3 is 0 Å². The molecule has 0 unspecified atom stereocenters. The SMILES string of the molecule is CC1CCN(Cc2ccc3nc(NC(=O)CCC(=O)c4cccs4)sc3c2)CC1. The first-order chi connectivity index (χ1) is 14.1. The van der Waals surface area contributed by atoms with Gasteiger partial charge in [-0.1, -0.05) is 30.4 Å². The van der Waals surface area contributed by atoms with Crippen molar-refractivity contribution in [3.05, 3.63) is 46.2 Å². The number of hydrogen-bond acceptors (Lipinski definition) is 6. The molecule has 1 aromatic carbocycles. The van der Waals surface area contributed by atoms with E-state index >= 15 is 0 Å². The van der Waals surface area contributed by atoms with Gasteiger partial charge in [-0.15, -0.1) is 11.3 Å². The third-order valence-electron chi connectivity index (χ3n) is 5.36. The third-order valence-corrected chi connectivity index (χ3v) is 7.20. The fourth-order valence-corrected chi connectivity index (χ4v) is 5.21. The number of Topliss-reactive ketones (excluding diaryl/α,β-unsaturated/α-hetero) is 1. The van der Waals surface area contributed by atoms with Crippen molar-refractivity contribution in [3.8, 4) is 0 Å². The summed E-state index contributed by atoms with van der Waals surface area (Å²) < 4.78 is 1.08. The van der Waals surface area contributed by atoms with Crippen LogP contribution in [0.5, 0.6) is 0 Å². The number of amides is 1. The minimum atomic E-state index is -0.170. The van der Waals surface area contributed by atoms with Crippen molar-refractivity contribution in [1.82, 2.24) is 9.88 Å². The number of rotatable bonds is 7. The van der Waals surface area contributed by atoms with Crippen LogP contribution in [0.2, 0.25) is 0 Å². The molecule has 1 aliphatic heterocycles. The molecule has 152 valence electrons. The minimum Gasteiger partial charge on any atom is -0.302 e. The van der Waals surface area contributed by atoms with E-state index in [9.17, 15) is 9.59 Å². The maximum atomic E-state index is 12.2. The highest BCUT2D eigenvalue weighted by atomic mass is 32.1. The average Bonchev–Trinajstić information content (AvgIpc) is 3.37. The lowest BCUT2D eigenvalue weighted by Gasteiger charge is -2.30. The molecule has 2 aromatic heterocycles. The molecule has 0 radical (unpaired) electrons. The maximum Gasteiger partial charge on any atom is 0.226 e. The lowest BCUT2D eigenvalue weighted by molar-refractivity contribution is -0.116. The first-order valence-electron chi connectivity index (χ1n) is 10.1. The molecule has 7 heteroatoms. The zero-order chi connectivity index (χ0) is 20.2. The molecule has 0 aliphatic carbocycles. The summed E-state index contributed by atoms with van der Waals surface area (Å²) in [5.41, 5.74) is 2.19. The van der Waals surface area contributed by atoms with Gasteiger partial charge in [0.05, 0.1) is 15.1 Å². The molecule has 0 saturated carbocycles. The molecule has 4 rings (SSSR count). The van der Waals surface area contributed by atoms with E-state index in [0.717, 1.165) is 35.8 Å². The number of ketones is 1. The zero-order valence-electron chi connectivity index (χ0n) is 16.5. The predicted octanol–water partition coefficient (Wildman–Crippen LogP) is 5.19. The molecule has 0 bridgehead atoms. The normalized spacial score (nSPS) is 15.6. The number of likely N-dealkylation sites (tertiary alicyclic amines) is 1. The smallest absolute Gasteiger partial charge is 0.226 e. The molecule has 29 heavy (non-hydrogen) atoms. The fourth-order valence-electron chi connectivity index (χ4n) is 3.57. The van der Waals surface area contributed by atoms with Gasteiger partial charge in [0.15, 0.2) is 10.9 Å². The van der Waals surface area contributed by atoms with Crippen LogP contribution in [0.25, 0.3) is 10.2 Å². The Morgan fingerprint density at radius 1 is 1.21 bits per heavy atom. The van der Waals surface area contributed by atoms with E-state index in [2.05, 4.69) is 34.3 Å². The van der Waals surface area contributed by atoms with E-state index < -0.39 is 0 Å². The van der Waals surface area contributed by atoms with Crippen molar-refractivity contribution in [2.75, 3.05) is 18.4 Å². The van der Waals surface area contributed by atoms with E-state index in [1.807, 2.05) is 17.5 Å². The van der Waals surface area contributed by atoms with Crippen LogP contribution in [0, 0.1) is 5.92 Å². The third kappa shape index (κ3) is 5.29. The number of nitrogens with zero attached hydrogens (tertiary/aromatic N) is 2. The van der Waals surface area contributed by atoms with Crippen molar-refractivity contribution in [1.29, 1.82) is 0 Å². The van der Waals surface area contributed by atoms with E-state index in [1.54, 1.807) is 6.07 Å². The van der Waals surface area contributed by atoms with Gasteiger partial charge in [0.2, 0.25) is 5.91 Å². The van der Waals surface area contributed by atoms with Gasteiger partial charge in [-0.05, 0) is 61.0 Å². The van der Waals surface area contributed by atoms with E-state index in [0.29, 0.717) is 10.0 Å². The average molecular weight is 428 g/mol. The van der Waals surface area contributed by atoms with Crippen LogP contribution in [-0.4, -0.2) is 34.7 Å². The highest BCUT2D eigenvalue weighted by molar-refractivity contribution is 7.22. The molecule has 3 heterocycles. The number of hydrogen-bond donors (Lipinski definition) is 1. The Morgan fingerprint density at radius 3 is 2.79 bits per heavy atom. The number of carbonyl (C=O) groups is 2. The summed E-state index contributed by atoms with van der Waals surface area (Å²) in [6.07, 6.45) is 2.93. The summed E-state index contributed by atoms with van der Waals surface area (Å²) in [6.45, 7) is 5.61. The number of aromatic nitrogens is 1. The molecule has 1 aliphatic rings. The molecule has 5 nitrogen and oxygen atoms in total. The molecule has 1 saturated heterocycles. The van der Waals surface area contributed by atoms with Crippen LogP contribution in [0.1, 0.15) is 47.8 Å². The van der Waals surface area contributed by atoms with Crippen molar-refractivity contribution in [3.63, 3.8) is 0 Å². The Hall–Kier alpha value is -2.09. The fraction of sp³-hybridized carbons (Fsp3) is 0.409. The first kappa shape index (κ1) is 20.2. The van der Waals surface area contributed by atoms with Crippen molar-refractivity contribution in [2.24, 2.45) is 5.92 Å². The van der Waals surface area contributed by atoms with Gasteiger partial charge in [0.25, 0.3) is 0 Å². The largest absolute Gasteiger partial charge is 0.302 e. The Kier molecular flexibility index (Phi) is 6.37. The predicted molar refractivity (Wildman–Crippen MR) is 120 cm³/mol. The molecule has 0 spiro atoms. The van der Waals surface area contributed by atoms with Crippen LogP contribution in [-0.2, 0) is 11.3 Å². The summed E-state index contributed by atoms with van der Waals surface area (Å²) in [7, 11) is 0. The standard InChI is InChI=1S/C22H25N3O2S2/c1-15-8-10-25(11-9-15)14-16-4-5-17-20(13-16)29-22(23-17)24-21(27)7-6-18(26)19-3-2-12-28-19/h2-5,12-13,15H,6-11,14H2,1H3,(H,23,24,27). The van der Waals surface area contributed by atoms with E-state index in [1.165, 1.54) is 41.1 Å². The second-order valence-electron chi connectivity index (χ2n) is 7.73. The first-order valence-corrected chi connectivity index (χ1v) is 11.7. The topological polar surface area (TPSA) is 62.3 Å². The number of piperidine rings is 1. The lowest BCUT2D eigenvalue weighted by atomic mass is 9.99. The molecule has 1 N–H and O–H groups in total. The van der Waals surface area contributed by atoms with E-state index in [4.69, 9.17) is 0 Å². The minimum absolute atomic E-state index is 0.0104. The Bertz CT molecular complexity index is 989. The zero-order valence-corrected chi connectivity index (χ0v) is 18.2. The second kappa shape index (κ2) is 9.15. The van der Waals surface area contributed by atoms with Crippen molar-refractivity contribution in [2.45, 2.75) is 39.2 Å². The molecule has 1 amide bonds. The van der Waals surface area contributed by atoms with Crippen LogP contribution in [0.4, 0.5) is 5.13 Å². The summed E-state index contributed by atoms with van der Waals surface area (Å²) in [6, 6.07) is 9.98. The monoisotopic (exact) mass is 427 g/mol. The molecular formula is C22H25N3O2S2. The molecule has 3 aromatic rings. The highest BCUT2D eigenvalue weighted by Gasteiger charge is 2.16. The molecule has 0 atom stereocenters. The van der Waals surface area contributed by atoms with Gasteiger partial charge in [-0.3, -0.25) is 14.5 Å². The summed E-state index contributed by atoms with van der Waals surface area (Å²) in [4.78, 5) is 32.0. The number of thiophene rings is 1. The number of fused-ring (bicyclic) bond motifs is 1. The van der Waals surface area contributed by atoms with Crippen LogP contribution in [0.15, 0.2) is 35.7 Å². The van der Waals surface area contributed by atoms with Crippen LogP contribution >= 0.6 is 22.7 Å². The number of anilines is 1. The van der Waals surface area contributed by atoms with Crippen molar-refractivity contribution < 1.29 is 9.59 Å².